The highest BCUT2D eigenvalue weighted by molar-refractivity contribution is 5.89. The summed E-state index contributed by atoms with van der Waals surface area (Å²) in [5, 5.41) is 0. The Bertz CT molecular complexity index is 3100. The van der Waals surface area contributed by atoms with E-state index in [2.05, 4.69) is 231 Å². The number of rotatable bonds is 8. The van der Waals surface area contributed by atoms with Gasteiger partial charge in [0.1, 0.15) is 0 Å². The van der Waals surface area contributed by atoms with Gasteiger partial charge in [-0.1, -0.05) is 224 Å². The van der Waals surface area contributed by atoms with Crippen LogP contribution in [0, 0.1) is 0 Å². The third-order valence-corrected chi connectivity index (χ3v) is 12.2. The van der Waals surface area contributed by atoms with Crippen LogP contribution in [-0.4, -0.2) is 9.97 Å². The quantitative estimate of drug-likeness (QED) is 0.154. The lowest BCUT2D eigenvalue weighted by molar-refractivity contribution is 0.769. The predicted molar refractivity (Wildman–Crippen MR) is 252 cm³/mol. The average Bonchev–Trinajstić information content (AvgIpc) is 3.65. The van der Waals surface area contributed by atoms with E-state index in [0.717, 1.165) is 39.2 Å². The third kappa shape index (κ3) is 6.46. The molecule has 0 atom stereocenters. The van der Waals surface area contributed by atoms with E-state index >= 15 is 0 Å². The molecule has 0 N–H and O–H groups in total. The van der Waals surface area contributed by atoms with Gasteiger partial charge in [-0.3, -0.25) is 0 Å². The summed E-state index contributed by atoms with van der Waals surface area (Å²) in [5.74, 6) is 0.697. The molecule has 10 aromatic rings. The van der Waals surface area contributed by atoms with Crippen molar-refractivity contribution in [1.82, 2.24) is 9.97 Å². The van der Waals surface area contributed by atoms with E-state index in [9.17, 15) is 0 Å². The normalized spacial score (nSPS) is 12.4. The van der Waals surface area contributed by atoms with Gasteiger partial charge in [-0.05, 0) is 85.0 Å². The lowest BCUT2D eigenvalue weighted by Crippen LogP contribution is -2.28. The molecule has 9 aromatic carbocycles. The van der Waals surface area contributed by atoms with E-state index in [-0.39, 0.29) is 0 Å². The Morgan fingerprint density at radius 3 is 1.26 bits per heavy atom. The van der Waals surface area contributed by atoms with Crippen molar-refractivity contribution in [2.75, 3.05) is 0 Å². The zero-order valence-electron chi connectivity index (χ0n) is 33.5. The van der Waals surface area contributed by atoms with Crippen molar-refractivity contribution in [1.29, 1.82) is 0 Å². The van der Waals surface area contributed by atoms with E-state index in [1.54, 1.807) is 0 Å². The summed E-state index contributed by atoms with van der Waals surface area (Å²) in [7, 11) is 0. The van der Waals surface area contributed by atoms with E-state index < -0.39 is 5.41 Å². The van der Waals surface area contributed by atoms with E-state index in [4.69, 9.17) is 9.97 Å². The zero-order chi connectivity index (χ0) is 40.6. The van der Waals surface area contributed by atoms with Crippen molar-refractivity contribution < 1.29 is 0 Å². The first-order chi connectivity index (χ1) is 30.2. The number of fused-ring (bicyclic) bond motifs is 3. The number of aromatic nitrogens is 2. The van der Waals surface area contributed by atoms with Gasteiger partial charge < -0.3 is 0 Å². The summed E-state index contributed by atoms with van der Waals surface area (Å²) < 4.78 is 0. The van der Waals surface area contributed by atoms with Crippen LogP contribution in [0.2, 0.25) is 0 Å². The van der Waals surface area contributed by atoms with Crippen LogP contribution < -0.4 is 0 Å². The van der Waals surface area contributed by atoms with Gasteiger partial charge >= 0.3 is 0 Å². The number of hydrogen-bond donors (Lipinski definition) is 0. The molecule has 0 unspecified atom stereocenters. The van der Waals surface area contributed by atoms with Gasteiger partial charge in [0.2, 0.25) is 0 Å². The summed E-state index contributed by atoms with van der Waals surface area (Å²) in [4.78, 5) is 10.3. The first-order valence-corrected chi connectivity index (χ1v) is 20.9. The van der Waals surface area contributed by atoms with Gasteiger partial charge in [-0.15, -0.1) is 0 Å². The number of nitrogens with zero attached hydrogens (tertiary/aromatic N) is 2. The largest absolute Gasteiger partial charge is 0.228 e. The van der Waals surface area contributed by atoms with Crippen LogP contribution in [0.25, 0.3) is 78.4 Å². The van der Waals surface area contributed by atoms with Crippen LogP contribution in [0.15, 0.2) is 243 Å². The molecule has 1 aliphatic rings. The second kappa shape index (κ2) is 15.3. The molecular formula is C59H40N2. The molecule has 1 heterocycles. The van der Waals surface area contributed by atoms with Crippen LogP contribution in [0.3, 0.4) is 0 Å². The summed E-state index contributed by atoms with van der Waals surface area (Å²) in [5.41, 5.74) is 19.2. The minimum Gasteiger partial charge on any atom is -0.228 e. The highest BCUT2D eigenvalue weighted by Crippen LogP contribution is 2.56. The SMILES string of the molecule is c1ccc(-c2ccc(-c3cc(-c4ccccc4)nc(-c4ccc(-c5cccc(-c6ccc7c(c6)C(c6ccccc6)(c6ccccc6)c6ccccc6-7)c5)cc4)n3)cc2)cc1. The van der Waals surface area contributed by atoms with Crippen molar-refractivity contribution in [3.8, 4) is 78.4 Å². The summed E-state index contributed by atoms with van der Waals surface area (Å²) in [6, 6.07) is 87.1. The fraction of sp³-hybridized carbons (Fsp3) is 0.0169. The van der Waals surface area contributed by atoms with Gasteiger partial charge in [0, 0.05) is 16.7 Å². The van der Waals surface area contributed by atoms with Crippen LogP contribution in [0.1, 0.15) is 22.3 Å². The van der Waals surface area contributed by atoms with Gasteiger partial charge in [0.15, 0.2) is 5.82 Å². The molecular weight excluding hydrogens is 737 g/mol. The van der Waals surface area contributed by atoms with Crippen molar-refractivity contribution in [3.63, 3.8) is 0 Å². The molecule has 286 valence electrons. The molecule has 11 rings (SSSR count). The van der Waals surface area contributed by atoms with Gasteiger partial charge in [-0.2, -0.15) is 0 Å². The molecule has 2 heteroatoms. The number of hydrogen-bond acceptors (Lipinski definition) is 2. The minimum absolute atomic E-state index is 0.441. The molecule has 1 aliphatic carbocycles. The molecule has 0 bridgehead atoms. The first kappa shape index (κ1) is 36.2. The third-order valence-electron chi connectivity index (χ3n) is 12.2. The maximum atomic E-state index is 5.15. The Kier molecular flexibility index (Phi) is 9.09. The highest BCUT2D eigenvalue weighted by Gasteiger charge is 2.46. The second-order valence-corrected chi connectivity index (χ2v) is 15.7. The molecule has 2 nitrogen and oxygen atoms in total. The Balaban J connectivity index is 0.955. The van der Waals surface area contributed by atoms with Crippen molar-refractivity contribution in [2.45, 2.75) is 5.41 Å². The molecule has 0 fully saturated rings. The van der Waals surface area contributed by atoms with Crippen LogP contribution in [0.4, 0.5) is 0 Å². The van der Waals surface area contributed by atoms with Crippen molar-refractivity contribution in [2.24, 2.45) is 0 Å². The fourth-order valence-electron chi connectivity index (χ4n) is 9.26. The summed E-state index contributed by atoms with van der Waals surface area (Å²) in [6.07, 6.45) is 0. The lowest BCUT2D eigenvalue weighted by atomic mass is 9.67. The predicted octanol–water partition coefficient (Wildman–Crippen LogP) is 14.8. The van der Waals surface area contributed by atoms with Crippen LogP contribution in [-0.2, 0) is 5.41 Å². The first-order valence-electron chi connectivity index (χ1n) is 20.9. The van der Waals surface area contributed by atoms with E-state index in [1.807, 2.05) is 12.1 Å². The number of benzene rings is 9. The molecule has 0 aliphatic heterocycles. The maximum absolute atomic E-state index is 5.15. The summed E-state index contributed by atoms with van der Waals surface area (Å²) >= 11 is 0. The molecule has 0 spiro atoms. The Morgan fingerprint density at radius 2 is 0.639 bits per heavy atom. The van der Waals surface area contributed by atoms with Gasteiger partial charge in [0.05, 0.1) is 16.8 Å². The second-order valence-electron chi connectivity index (χ2n) is 15.7. The fourth-order valence-corrected chi connectivity index (χ4v) is 9.26. The van der Waals surface area contributed by atoms with E-state index in [0.29, 0.717) is 5.82 Å². The van der Waals surface area contributed by atoms with Crippen molar-refractivity contribution >= 4 is 0 Å². The molecule has 0 amide bonds. The Labute approximate surface area is 357 Å². The van der Waals surface area contributed by atoms with Gasteiger partial charge in [0.25, 0.3) is 0 Å². The molecule has 1 aromatic heterocycles. The molecule has 0 saturated carbocycles. The van der Waals surface area contributed by atoms with E-state index in [1.165, 1.54) is 55.6 Å². The monoisotopic (exact) mass is 776 g/mol. The Morgan fingerprint density at radius 1 is 0.246 bits per heavy atom. The topological polar surface area (TPSA) is 25.8 Å². The molecule has 0 radical (unpaired) electrons. The zero-order valence-corrected chi connectivity index (χ0v) is 33.5. The summed E-state index contributed by atoms with van der Waals surface area (Å²) in [6.45, 7) is 0. The van der Waals surface area contributed by atoms with Crippen LogP contribution >= 0.6 is 0 Å². The smallest absolute Gasteiger partial charge is 0.160 e. The molecule has 61 heavy (non-hydrogen) atoms. The average molecular weight is 777 g/mol. The Hall–Kier alpha value is -7.94. The highest BCUT2D eigenvalue weighted by atomic mass is 14.9. The van der Waals surface area contributed by atoms with Crippen LogP contribution in [0.5, 0.6) is 0 Å². The maximum Gasteiger partial charge on any atom is 0.160 e. The van der Waals surface area contributed by atoms with Crippen molar-refractivity contribution in [3.05, 3.63) is 265 Å². The standard InChI is InChI=1S/C59H40N2/c1-5-16-41(17-6-1)42-28-32-45(33-29-42)57-40-56(44-18-7-2-8-19-44)60-58(61-57)46-34-30-43(31-35-46)47-20-15-21-48(38-47)49-36-37-53-52-26-13-14-27-54(52)59(55(53)39-49,50-22-9-3-10-23-50)51-24-11-4-12-25-51/h1-40H. The van der Waals surface area contributed by atoms with Gasteiger partial charge in [-0.25, -0.2) is 9.97 Å². The molecule has 0 saturated heterocycles. The lowest BCUT2D eigenvalue weighted by Gasteiger charge is -2.34. The minimum atomic E-state index is -0.441.